The summed E-state index contributed by atoms with van der Waals surface area (Å²) in [6.07, 6.45) is 0.642. The van der Waals surface area contributed by atoms with Gasteiger partial charge in [-0.1, -0.05) is 32.6 Å². The average molecular weight is 460 g/mol. The van der Waals surface area contributed by atoms with Crippen molar-refractivity contribution in [1.29, 1.82) is 0 Å². The van der Waals surface area contributed by atoms with E-state index in [0.29, 0.717) is 23.6 Å². The number of fused-ring (bicyclic) bond motifs is 1. The molecule has 0 radical (unpaired) electrons. The van der Waals surface area contributed by atoms with Gasteiger partial charge >= 0.3 is 7.52 Å². The van der Waals surface area contributed by atoms with Crippen LogP contribution in [0.1, 0.15) is 25.8 Å². The van der Waals surface area contributed by atoms with E-state index in [1.54, 1.807) is 29.6 Å². The zero-order valence-corrected chi connectivity index (χ0v) is 19.0. The van der Waals surface area contributed by atoms with Gasteiger partial charge < -0.3 is 15.3 Å². The largest absolute Gasteiger partial charge is 0.506 e. The third-order valence-corrected chi connectivity index (χ3v) is 6.93. The Hall–Kier alpha value is -2.71. The van der Waals surface area contributed by atoms with Crippen LogP contribution in [0.15, 0.2) is 63.8 Å². The van der Waals surface area contributed by atoms with Crippen molar-refractivity contribution in [2.45, 2.75) is 20.3 Å². The highest BCUT2D eigenvalue weighted by atomic mass is 32.1. The fourth-order valence-corrected chi connectivity index (χ4v) is 4.89. The van der Waals surface area contributed by atoms with Gasteiger partial charge in [-0.05, 0) is 46.9 Å². The quantitative estimate of drug-likeness (QED) is 0.0950. The second-order valence-corrected chi connectivity index (χ2v) is 10.1. The van der Waals surface area contributed by atoms with E-state index >= 15 is 0 Å². The smallest absolute Gasteiger partial charge is 0.346 e. The van der Waals surface area contributed by atoms with Crippen molar-refractivity contribution in [3.63, 3.8) is 0 Å². The Bertz CT molecular complexity index is 1110. The van der Waals surface area contributed by atoms with Crippen molar-refractivity contribution in [3.8, 4) is 0 Å². The number of amides is 1. The summed E-state index contributed by atoms with van der Waals surface area (Å²) in [6.45, 7) is 8.11. The van der Waals surface area contributed by atoms with Crippen molar-refractivity contribution in [2.75, 3.05) is 11.9 Å². The number of hydrogen-bond donors (Lipinski definition) is 4. The van der Waals surface area contributed by atoms with E-state index in [1.807, 2.05) is 19.2 Å². The molecule has 3 rings (SSSR count). The minimum Gasteiger partial charge on any atom is -0.506 e. The number of thiophene rings is 1. The van der Waals surface area contributed by atoms with Crippen LogP contribution < -0.4 is 16.5 Å². The van der Waals surface area contributed by atoms with Crippen molar-refractivity contribution < 1.29 is 19.4 Å². The number of rotatable bonds is 7. The topological polar surface area (TPSA) is 128 Å². The molecular weight excluding hydrogens is 435 g/mol. The average Bonchev–Trinajstić information content (AvgIpc) is 3.25. The second-order valence-electron chi connectivity index (χ2n) is 7.53. The summed E-state index contributed by atoms with van der Waals surface area (Å²) in [7, 11) is -4.18. The van der Waals surface area contributed by atoms with E-state index in [0.717, 1.165) is 5.01 Å². The summed E-state index contributed by atoms with van der Waals surface area (Å²) in [6, 6.07) is 8.12. The van der Waals surface area contributed by atoms with Crippen LogP contribution in [0.25, 0.3) is 5.57 Å². The number of nitrogens with zero attached hydrogens (tertiary/aromatic N) is 2. The number of hydrazine groups is 1. The van der Waals surface area contributed by atoms with Gasteiger partial charge in [0.25, 0.3) is 5.91 Å². The highest BCUT2D eigenvalue weighted by Gasteiger charge is 2.35. The first kappa shape index (κ1) is 23.0. The van der Waals surface area contributed by atoms with E-state index in [2.05, 4.69) is 16.7 Å². The van der Waals surface area contributed by atoms with Crippen LogP contribution in [0.3, 0.4) is 0 Å². The molecule has 1 aromatic carbocycles. The molecule has 1 aliphatic rings. The second kappa shape index (κ2) is 9.20. The minimum absolute atomic E-state index is 0.117. The van der Waals surface area contributed by atoms with Crippen LogP contribution in [0, 0.1) is 5.92 Å². The number of aliphatic hydroxyl groups excluding tert-OH is 1. The zero-order valence-electron chi connectivity index (χ0n) is 17.3. The number of hydrogen-bond acceptors (Lipinski definition) is 6. The van der Waals surface area contributed by atoms with Gasteiger partial charge in [0.2, 0.25) is 0 Å². The van der Waals surface area contributed by atoms with E-state index in [-0.39, 0.29) is 28.8 Å². The maximum absolute atomic E-state index is 13.2. The van der Waals surface area contributed by atoms with Gasteiger partial charge in [-0.25, -0.2) is 5.84 Å². The van der Waals surface area contributed by atoms with E-state index in [4.69, 9.17) is 5.84 Å². The lowest BCUT2D eigenvalue weighted by Gasteiger charge is -2.26. The highest BCUT2D eigenvalue weighted by Crippen LogP contribution is 2.46. The Morgan fingerprint density at radius 2 is 2.06 bits per heavy atom. The molecule has 31 heavy (non-hydrogen) atoms. The van der Waals surface area contributed by atoms with Gasteiger partial charge in [-0.2, -0.15) is 16.1 Å². The van der Waals surface area contributed by atoms with Crippen LogP contribution >= 0.6 is 18.9 Å². The van der Waals surface area contributed by atoms with Crippen molar-refractivity contribution >= 4 is 47.2 Å². The Balaban J connectivity index is 2.10. The summed E-state index contributed by atoms with van der Waals surface area (Å²) in [4.78, 5) is 23.7. The van der Waals surface area contributed by atoms with Crippen LogP contribution in [0.4, 0.5) is 5.69 Å². The van der Waals surface area contributed by atoms with Gasteiger partial charge in [0.05, 0.1) is 11.0 Å². The summed E-state index contributed by atoms with van der Waals surface area (Å²) in [5.41, 5.74) is 0.801. The molecule has 1 amide bonds. The standard InChI is InChI=1S/C21H25N4O4PS/c1-13(2)8-10-25(22)21(27)18(19(26)14(3)15-9-11-31-12-15)20-23-16-6-4-5-7-17(16)30(28,29)24-20/h4-7,9,11-13,26H,3,8,10,22H2,1-2H3,(H2,23,24,28,29)/b19-18+. The van der Waals surface area contributed by atoms with Gasteiger partial charge in [-0.3, -0.25) is 14.4 Å². The normalized spacial score (nSPS) is 18.5. The number of para-hydroxylation sites is 1. The third-order valence-electron chi connectivity index (χ3n) is 4.76. The summed E-state index contributed by atoms with van der Waals surface area (Å²) < 4.78 is 16.7. The molecule has 1 atom stereocenters. The number of amidine groups is 1. The van der Waals surface area contributed by atoms with E-state index in [9.17, 15) is 19.4 Å². The van der Waals surface area contributed by atoms with Gasteiger partial charge in [0.1, 0.15) is 11.3 Å². The van der Waals surface area contributed by atoms with Gasteiger partial charge in [0.15, 0.2) is 5.84 Å². The Morgan fingerprint density at radius 1 is 1.35 bits per heavy atom. The van der Waals surface area contributed by atoms with Crippen LogP contribution in [0.2, 0.25) is 0 Å². The first-order valence-corrected chi connectivity index (χ1v) is 12.2. The molecule has 0 saturated heterocycles. The Kier molecular flexibility index (Phi) is 6.81. The fourth-order valence-electron chi connectivity index (χ4n) is 2.97. The third kappa shape index (κ3) is 4.97. The number of nitrogens with two attached hydrogens (primary N) is 1. The molecule has 0 saturated carbocycles. The van der Waals surface area contributed by atoms with Crippen LogP contribution in [-0.4, -0.2) is 33.3 Å². The van der Waals surface area contributed by atoms with E-state index < -0.39 is 19.2 Å². The minimum atomic E-state index is -4.18. The lowest BCUT2D eigenvalue weighted by molar-refractivity contribution is -0.127. The van der Waals surface area contributed by atoms with Crippen LogP contribution in [-0.2, 0) is 9.36 Å². The Morgan fingerprint density at radius 3 is 2.71 bits per heavy atom. The summed E-state index contributed by atoms with van der Waals surface area (Å²) >= 11 is 1.40. The number of anilines is 1. The lowest BCUT2D eigenvalue weighted by Crippen LogP contribution is -2.43. The number of benzene rings is 1. The molecule has 5 N–H and O–H groups in total. The predicted molar refractivity (Wildman–Crippen MR) is 125 cm³/mol. The highest BCUT2D eigenvalue weighted by molar-refractivity contribution is 7.65. The Labute approximate surface area is 184 Å². The molecule has 0 bridgehead atoms. The molecule has 1 aromatic heterocycles. The van der Waals surface area contributed by atoms with Crippen molar-refractivity contribution in [2.24, 2.45) is 16.5 Å². The maximum atomic E-state index is 13.2. The van der Waals surface area contributed by atoms with Crippen molar-refractivity contribution in [3.05, 3.63) is 64.6 Å². The van der Waals surface area contributed by atoms with E-state index in [1.165, 1.54) is 17.4 Å². The molecule has 2 aromatic rings. The first-order chi connectivity index (χ1) is 14.6. The van der Waals surface area contributed by atoms with Crippen molar-refractivity contribution in [1.82, 2.24) is 5.01 Å². The zero-order chi connectivity index (χ0) is 22.8. The first-order valence-electron chi connectivity index (χ1n) is 9.63. The fraction of sp³-hybridized carbons (Fsp3) is 0.238. The predicted octanol–water partition coefficient (Wildman–Crippen LogP) is 3.66. The number of allylic oxidation sites excluding steroid dienone is 1. The van der Waals surface area contributed by atoms with Gasteiger partial charge in [0, 0.05) is 12.1 Å². The summed E-state index contributed by atoms with van der Waals surface area (Å²) in [5.74, 6) is 4.86. The SMILES string of the molecule is C=C(/C(O)=C(\C(=O)N(N)CCC(C)C)C1=NP(=O)(O)c2ccccc2N1)c1ccsc1. The molecule has 0 aliphatic carbocycles. The van der Waals surface area contributed by atoms with Crippen LogP contribution in [0.5, 0.6) is 0 Å². The molecule has 10 heteroatoms. The monoisotopic (exact) mass is 460 g/mol. The number of aliphatic hydroxyl groups is 1. The molecule has 0 spiro atoms. The number of carbonyl (C=O) groups excluding carboxylic acids is 1. The maximum Gasteiger partial charge on any atom is 0.346 e. The summed E-state index contributed by atoms with van der Waals surface area (Å²) in [5, 5.41) is 18.6. The van der Waals surface area contributed by atoms with Gasteiger partial charge in [-0.15, -0.1) is 0 Å². The number of carbonyl (C=O) groups is 1. The molecule has 0 fully saturated rings. The molecule has 2 heterocycles. The molecule has 1 unspecified atom stereocenters. The molecule has 8 nitrogen and oxygen atoms in total. The molecule has 164 valence electrons. The lowest BCUT2D eigenvalue weighted by atomic mass is 10.0. The molecular formula is C21H25N4O4PS. The molecule has 1 aliphatic heterocycles. The number of nitrogens with one attached hydrogen (secondary N) is 1.